The molecule has 1 aromatic carbocycles. The topological polar surface area (TPSA) is 91.2 Å². The quantitative estimate of drug-likeness (QED) is 0.806. The Hall–Kier alpha value is -2.19. The van der Waals surface area contributed by atoms with Crippen molar-refractivity contribution in [3.63, 3.8) is 0 Å². The number of nitrogens with one attached hydrogen (secondary N) is 1. The van der Waals surface area contributed by atoms with Crippen molar-refractivity contribution < 1.29 is 14.3 Å². The van der Waals surface area contributed by atoms with Gasteiger partial charge < -0.3 is 14.8 Å². The third-order valence-electron chi connectivity index (χ3n) is 3.64. The molecule has 8 nitrogen and oxygen atoms in total. The van der Waals surface area contributed by atoms with Gasteiger partial charge in [-0.05, 0) is 35.4 Å². The molecule has 1 aliphatic heterocycles. The summed E-state index contributed by atoms with van der Waals surface area (Å²) in [6.45, 7) is 1.42. The molecule has 0 saturated carbocycles. The number of para-hydroxylation sites is 1. The number of amides is 1. The van der Waals surface area contributed by atoms with Crippen LogP contribution in [0, 0.1) is 0 Å². The standard InChI is InChI=1S/C15H18ClN5O3/c16-12-5-1-2-6-13(12)24-10-14-18-19-20-21(14)9-15(22)17-8-11-4-3-7-23-11/h1-2,5-6,11H,3-4,7-10H2,(H,17,22). The van der Waals surface area contributed by atoms with Gasteiger partial charge in [0.2, 0.25) is 5.91 Å². The molecule has 1 fully saturated rings. The van der Waals surface area contributed by atoms with Gasteiger partial charge in [0.25, 0.3) is 0 Å². The molecule has 1 aliphatic rings. The van der Waals surface area contributed by atoms with E-state index in [0.29, 0.717) is 23.1 Å². The summed E-state index contributed by atoms with van der Waals surface area (Å²) in [4.78, 5) is 12.0. The summed E-state index contributed by atoms with van der Waals surface area (Å²) < 4.78 is 12.5. The number of ether oxygens (including phenoxy) is 2. The Morgan fingerprint density at radius 1 is 1.46 bits per heavy atom. The second kappa shape index (κ2) is 8.07. The Morgan fingerprint density at radius 2 is 2.33 bits per heavy atom. The monoisotopic (exact) mass is 351 g/mol. The molecule has 1 saturated heterocycles. The minimum absolute atomic E-state index is 0.0287. The Labute approximate surface area is 144 Å². The molecule has 1 N–H and O–H groups in total. The Bertz CT molecular complexity index is 687. The molecular weight excluding hydrogens is 334 g/mol. The highest BCUT2D eigenvalue weighted by atomic mass is 35.5. The van der Waals surface area contributed by atoms with E-state index in [1.54, 1.807) is 12.1 Å². The molecule has 1 unspecified atom stereocenters. The molecule has 2 heterocycles. The van der Waals surface area contributed by atoms with Crippen LogP contribution in [0.15, 0.2) is 24.3 Å². The van der Waals surface area contributed by atoms with Gasteiger partial charge in [0.1, 0.15) is 18.9 Å². The third-order valence-corrected chi connectivity index (χ3v) is 3.96. The molecule has 0 aliphatic carbocycles. The highest BCUT2D eigenvalue weighted by Crippen LogP contribution is 2.23. The van der Waals surface area contributed by atoms with Crippen molar-refractivity contribution in [2.75, 3.05) is 13.2 Å². The van der Waals surface area contributed by atoms with E-state index in [9.17, 15) is 4.79 Å². The van der Waals surface area contributed by atoms with E-state index in [1.165, 1.54) is 4.68 Å². The van der Waals surface area contributed by atoms with Crippen LogP contribution in [-0.4, -0.2) is 45.4 Å². The number of halogens is 1. The minimum Gasteiger partial charge on any atom is -0.484 e. The van der Waals surface area contributed by atoms with E-state index in [0.717, 1.165) is 19.4 Å². The number of carbonyl (C=O) groups is 1. The summed E-state index contributed by atoms with van der Waals surface area (Å²) in [5.41, 5.74) is 0. The average molecular weight is 352 g/mol. The number of aromatic nitrogens is 4. The molecule has 2 aromatic rings. The Kier molecular flexibility index (Phi) is 5.60. The third kappa shape index (κ3) is 4.42. The van der Waals surface area contributed by atoms with Crippen molar-refractivity contribution in [2.45, 2.75) is 32.1 Å². The van der Waals surface area contributed by atoms with E-state index in [4.69, 9.17) is 21.1 Å². The molecule has 1 atom stereocenters. The van der Waals surface area contributed by atoms with E-state index in [-0.39, 0.29) is 25.2 Å². The lowest BCUT2D eigenvalue weighted by Crippen LogP contribution is -2.34. The van der Waals surface area contributed by atoms with Gasteiger partial charge in [0, 0.05) is 13.2 Å². The lowest BCUT2D eigenvalue weighted by Gasteiger charge is -2.11. The van der Waals surface area contributed by atoms with Crippen LogP contribution in [0.5, 0.6) is 5.75 Å². The summed E-state index contributed by atoms with van der Waals surface area (Å²) >= 11 is 6.03. The Morgan fingerprint density at radius 3 is 3.12 bits per heavy atom. The first-order valence-corrected chi connectivity index (χ1v) is 8.11. The van der Waals surface area contributed by atoms with Crippen molar-refractivity contribution in [3.8, 4) is 5.75 Å². The normalized spacial score (nSPS) is 17.0. The van der Waals surface area contributed by atoms with Crippen LogP contribution in [0.25, 0.3) is 0 Å². The van der Waals surface area contributed by atoms with E-state index in [1.807, 2.05) is 12.1 Å². The minimum atomic E-state index is -0.170. The summed E-state index contributed by atoms with van der Waals surface area (Å²) in [6, 6.07) is 7.13. The van der Waals surface area contributed by atoms with Crippen LogP contribution in [0.4, 0.5) is 0 Å². The van der Waals surface area contributed by atoms with Gasteiger partial charge in [-0.2, -0.15) is 0 Å². The van der Waals surface area contributed by atoms with Crippen molar-refractivity contribution in [1.82, 2.24) is 25.5 Å². The van der Waals surface area contributed by atoms with Gasteiger partial charge >= 0.3 is 0 Å². The maximum atomic E-state index is 12.0. The highest BCUT2D eigenvalue weighted by molar-refractivity contribution is 6.32. The Balaban J connectivity index is 1.51. The second-order valence-corrected chi connectivity index (χ2v) is 5.82. The van der Waals surface area contributed by atoms with Gasteiger partial charge in [-0.15, -0.1) is 5.10 Å². The van der Waals surface area contributed by atoms with Gasteiger partial charge in [-0.3, -0.25) is 4.79 Å². The largest absolute Gasteiger partial charge is 0.484 e. The maximum Gasteiger partial charge on any atom is 0.241 e. The summed E-state index contributed by atoms with van der Waals surface area (Å²) in [7, 11) is 0. The fraction of sp³-hybridized carbons (Fsp3) is 0.467. The number of benzene rings is 1. The molecule has 128 valence electrons. The molecule has 24 heavy (non-hydrogen) atoms. The molecule has 3 rings (SSSR count). The zero-order chi connectivity index (χ0) is 16.8. The summed E-state index contributed by atoms with van der Waals surface area (Å²) in [5, 5.41) is 14.6. The highest BCUT2D eigenvalue weighted by Gasteiger charge is 2.17. The smallest absolute Gasteiger partial charge is 0.241 e. The van der Waals surface area contributed by atoms with Crippen molar-refractivity contribution >= 4 is 17.5 Å². The zero-order valence-corrected chi connectivity index (χ0v) is 13.8. The zero-order valence-electron chi connectivity index (χ0n) is 13.0. The fourth-order valence-electron chi connectivity index (χ4n) is 2.38. The first-order chi connectivity index (χ1) is 11.7. The van der Waals surface area contributed by atoms with Crippen LogP contribution >= 0.6 is 11.6 Å². The number of tetrazole rings is 1. The van der Waals surface area contributed by atoms with Gasteiger partial charge in [-0.1, -0.05) is 23.7 Å². The number of rotatable bonds is 7. The molecular formula is C15H18ClN5O3. The summed E-state index contributed by atoms with van der Waals surface area (Å²) in [5.74, 6) is 0.815. The molecule has 0 bridgehead atoms. The fourth-order valence-corrected chi connectivity index (χ4v) is 2.57. The van der Waals surface area contributed by atoms with Crippen LogP contribution in [0.1, 0.15) is 18.7 Å². The average Bonchev–Trinajstić information content (AvgIpc) is 3.24. The van der Waals surface area contributed by atoms with E-state index in [2.05, 4.69) is 20.8 Å². The van der Waals surface area contributed by atoms with Gasteiger partial charge in [0.05, 0.1) is 11.1 Å². The first kappa shape index (κ1) is 16.7. The van der Waals surface area contributed by atoms with E-state index < -0.39 is 0 Å². The molecule has 9 heteroatoms. The van der Waals surface area contributed by atoms with Crippen molar-refractivity contribution in [3.05, 3.63) is 35.1 Å². The molecule has 1 amide bonds. The number of hydrogen-bond acceptors (Lipinski definition) is 6. The first-order valence-electron chi connectivity index (χ1n) is 7.73. The van der Waals surface area contributed by atoms with Gasteiger partial charge in [0.15, 0.2) is 5.82 Å². The van der Waals surface area contributed by atoms with E-state index >= 15 is 0 Å². The van der Waals surface area contributed by atoms with Crippen LogP contribution < -0.4 is 10.1 Å². The van der Waals surface area contributed by atoms with Crippen molar-refractivity contribution in [2.24, 2.45) is 0 Å². The lowest BCUT2D eigenvalue weighted by molar-refractivity contribution is -0.122. The van der Waals surface area contributed by atoms with Crippen LogP contribution in [0.2, 0.25) is 5.02 Å². The maximum absolute atomic E-state index is 12.0. The summed E-state index contributed by atoms with van der Waals surface area (Å²) in [6.07, 6.45) is 2.12. The SMILES string of the molecule is O=C(Cn1nnnc1COc1ccccc1Cl)NCC1CCCO1. The molecule has 0 radical (unpaired) electrons. The number of nitrogens with zero attached hydrogens (tertiary/aromatic N) is 4. The molecule has 1 aromatic heterocycles. The number of carbonyl (C=O) groups excluding carboxylic acids is 1. The van der Waals surface area contributed by atoms with Crippen molar-refractivity contribution in [1.29, 1.82) is 0 Å². The van der Waals surface area contributed by atoms with Gasteiger partial charge in [-0.25, -0.2) is 4.68 Å². The molecule has 0 spiro atoms. The lowest BCUT2D eigenvalue weighted by atomic mass is 10.2. The van der Waals surface area contributed by atoms with Crippen LogP contribution in [0.3, 0.4) is 0 Å². The predicted molar refractivity (Wildman–Crippen MR) is 85.6 cm³/mol. The number of hydrogen-bond donors (Lipinski definition) is 1. The predicted octanol–water partition coefficient (Wildman–Crippen LogP) is 1.20. The van der Waals surface area contributed by atoms with Crippen LogP contribution in [-0.2, 0) is 22.7 Å². The second-order valence-electron chi connectivity index (χ2n) is 5.41.